The molecule has 0 amide bonds. The van der Waals surface area contributed by atoms with Crippen molar-refractivity contribution < 1.29 is 26.8 Å². The maximum atomic E-state index is 13.5. The van der Waals surface area contributed by atoms with E-state index < -0.39 is 27.9 Å². The fourth-order valence-corrected chi connectivity index (χ4v) is 4.29. The summed E-state index contributed by atoms with van der Waals surface area (Å²) in [6, 6.07) is 7.69. The molecule has 142 valence electrons. The van der Waals surface area contributed by atoms with Gasteiger partial charge in [-0.3, -0.25) is 0 Å². The molecule has 1 aromatic heterocycles. The number of halogens is 2. The van der Waals surface area contributed by atoms with Crippen molar-refractivity contribution in [2.45, 2.75) is 11.1 Å². The predicted octanol–water partition coefficient (Wildman–Crippen LogP) is 1.96. The van der Waals surface area contributed by atoms with Crippen LogP contribution in [0.3, 0.4) is 0 Å². The zero-order chi connectivity index (χ0) is 18.0. The van der Waals surface area contributed by atoms with Gasteiger partial charge in [-0.15, -0.1) is 12.4 Å². The highest BCUT2D eigenvalue weighted by atomic mass is 35.5. The van der Waals surface area contributed by atoms with E-state index in [-0.39, 0.29) is 29.8 Å². The van der Waals surface area contributed by atoms with E-state index in [2.05, 4.69) is 10.1 Å². The highest BCUT2D eigenvalue weighted by molar-refractivity contribution is 7.89. The van der Waals surface area contributed by atoms with Gasteiger partial charge in [0.05, 0.1) is 13.2 Å². The van der Waals surface area contributed by atoms with Crippen molar-refractivity contribution in [2.24, 2.45) is 0 Å². The molecule has 2 heterocycles. The molecule has 1 N–H and O–H groups in total. The lowest BCUT2D eigenvalue weighted by Crippen LogP contribution is -2.48. The molecular formula is C16H18ClFN2O5S. The molecule has 26 heavy (non-hydrogen) atoms. The fraction of sp³-hybridized carbons (Fsp3) is 0.312. The molecule has 0 saturated carbocycles. The Hall–Kier alpha value is -1.94. The van der Waals surface area contributed by atoms with E-state index in [1.165, 1.54) is 41.7 Å². The zero-order valence-electron chi connectivity index (χ0n) is 13.8. The first-order valence-electron chi connectivity index (χ1n) is 7.59. The van der Waals surface area contributed by atoms with Crippen LogP contribution in [-0.2, 0) is 14.8 Å². The van der Waals surface area contributed by atoms with Crippen LogP contribution in [0.4, 0.5) is 4.39 Å². The molecule has 1 fully saturated rings. The summed E-state index contributed by atoms with van der Waals surface area (Å²) in [6.45, 7) is 0.987. The second-order valence-electron chi connectivity index (χ2n) is 5.50. The molecular weight excluding hydrogens is 387 g/mol. The van der Waals surface area contributed by atoms with Gasteiger partial charge in [0, 0.05) is 19.6 Å². The molecule has 10 heteroatoms. The molecule has 0 radical (unpaired) electrons. The minimum atomic E-state index is -4.00. The van der Waals surface area contributed by atoms with Crippen LogP contribution >= 0.6 is 12.4 Å². The van der Waals surface area contributed by atoms with Crippen molar-refractivity contribution in [1.82, 2.24) is 9.62 Å². The van der Waals surface area contributed by atoms with Gasteiger partial charge in [-0.25, -0.2) is 17.6 Å². The summed E-state index contributed by atoms with van der Waals surface area (Å²) in [5.41, 5.74) is 0.538. The molecule has 1 aromatic carbocycles. The number of piperazine rings is 1. The number of furan rings is 1. The Labute approximate surface area is 156 Å². The topological polar surface area (TPSA) is 88.9 Å². The van der Waals surface area contributed by atoms with Gasteiger partial charge in [0.15, 0.2) is 0 Å². The first-order valence-corrected chi connectivity index (χ1v) is 9.03. The fourth-order valence-electron chi connectivity index (χ4n) is 2.76. The van der Waals surface area contributed by atoms with Gasteiger partial charge in [-0.05, 0) is 29.8 Å². The Morgan fingerprint density at radius 3 is 2.81 bits per heavy atom. The highest BCUT2D eigenvalue weighted by Crippen LogP contribution is 2.30. The minimum Gasteiger partial charge on any atom is -0.463 e. The summed E-state index contributed by atoms with van der Waals surface area (Å²) in [6.07, 6.45) is 0. The average Bonchev–Trinajstić information content (AvgIpc) is 3.12. The van der Waals surface area contributed by atoms with Crippen molar-refractivity contribution in [1.29, 1.82) is 0 Å². The Kier molecular flexibility index (Phi) is 6.40. The number of hydrogen-bond acceptors (Lipinski definition) is 6. The second kappa shape index (κ2) is 8.17. The molecule has 1 aliphatic heterocycles. The SMILES string of the molecule is COC(=O)c1ccc(S(=O)(=O)N2CCNCC2c2cccc(F)c2)o1.Cl. The summed E-state index contributed by atoms with van der Waals surface area (Å²) in [4.78, 5) is 11.5. The molecule has 3 rings (SSSR count). The quantitative estimate of drug-likeness (QED) is 0.784. The van der Waals surface area contributed by atoms with Crippen LogP contribution in [0.5, 0.6) is 0 Å². The number of hydrogen-bond donors (Lipinski definition) is 1. The van der Waals surface area contributed by atoms with E-state index in [0.29, 0.717) is 18.7 Å². The van der Waals surface area contributed by atoms with Crippen LogP contribution in [0, 0.1) is 5.82 Å². The van der Waals surface area contributed by atoms with Gasteiger partial charge in [-0.2, -0.15) is 4.31 Å². The number of nitrogens with zero attached hydrogens (tertiary/aromatic N) is 1. The number of rotatable bonds is 4. The van der Waals surface area contributed by atoms with Gasteiger partial charge < -0.3 is 14.5 Å². The summed E-state index contributed by atoms with van der Waals surface area (Å²) >= 11 is 0. The molecule has 2 aromatic rings. The Balaban J connectivity index is 0.00000243. The molecule has 0 bridgehead atoms. The van der Waals surface area contributed by atoms with Crippen molar-refractivity contribution >= 4 is 28.4 Å². The maximum absolute atomic E-state index is 13.5. The van der Waals surface area contributed by atoms with Crippen molar-refractivity contribution in [3.05, 3.63) is 53.5 Å². The molecule has 0 aliphatic carbocycles. The van der Waals surface area contributed by atoms with E-state index in [0.717, 1.165) is 0 Å². The Morgan fingerprint density at radius 2 is 2.12 bits per heavy atom. The second-order valence-corrected chi connectivity index (χ2v) is 7.32. The van der Waals surface area contributed by atoms with E-state index >= 15 is 0 Å². The Morgan fingerprint density at radius 1 is 1.35 bits per heavy atom. The summed E-state index contributed by atoms with van der Waals surface area (Å²) in [5.74, 6) is -1.40. The summed E-state index contributed by atoms with van der Waals surface area (Å²) < 4.78 is 50.3. The highest BCUT2D eigenvalue weighted by Gasteiger charge is 2.36. The number of carbonyl (C=O) groups is 1. The van der Waals surface area contributed by atoms with Crippen LogP contribution in [0.2, 0.25) is 0 Å². The number of methoxy groups -OCH3 is 1. The third kappa shape index (κ3) is 3.90. The number of benzene rings is 1. The van der Waals surface area contributed by atoms with Crippen LogP contribution in [0.25, 0.3) is 0 Å². The van der Waals surface area contributed by atoms with E-state index in [9.17, 15) is 17.6 Å². The van der Waals surface area contributed by atoms with Gasteiger partial charge in [0.1, 0.15) is 5.82 Å². The van der Waals surface area contributed by atoms with Crippen LogP contribution < -0.4 is 5.32 Å². The molecule has 1 saturated heterocycles. The first kappa shape index (κ1) is 20.4. The van der Waals surface area contributed by atoms with E-state index in [1.54, 1.807) is 6.07 Å². The summed E-state index contributed by atoms with van der Waals surface area (Å²) in [7, 11) is -2.82. The first-order chi connectivity index (χ1) is 11.9. The molecule has 0 spiro atoms. The van der Waals surface area contributed by atoms with E-state index in [1.807, 2.05) is 0 Å². The smallest absolute Gasteiger partial charge is 0.374 e. The van der Waals surface area contributed by atoms with Crippen LogP contribution in [0.1, 0.15) is 22.2 Å². The number of nitrogens with one attached hydrogen (secondary N) is 1. The van der Waals surface area contributed by atoms with Gasteiger partial charge in [0.25, 0.3) is 10.0 Å². The zero-order valence-corrected chi connectivity index (χ0v) is 15.5. The van der Waals surface area contributed by atoms with Crippen molar-refractivity contribution in [3.63, 3.8) is 0 Å². The lowest BCUT2D eigenvalue weighted by atomic mass is 10.1. The minimum absolute atomic E-state index is 0. The molecule has 1 unspecified atom stereocenters. The normalized spacial score (nSPS) is 18.2. The third-order valence-electron chi connectivity index (χ3n) is 3.96. The number of esters is 1. The average molecular weight is 405 g/mol. The predicted molar refractivity (Wildman–Crippen MR) is 93.2 cm³/mol. The molecule has 1 aliphatic rings. The molecule has 7 nitrogen and oxygen atoms in total. The van der Waals surface area contributed by atoms with Gasteiger partial charge in [-0.1, -0.05) is 12.1 Å². The van der Waals surface area contributed by atoms with Crippen molar-refractivity contribution in [3.8, 4) is 0 Å². The van der Waals surface area contributed by atoms with Crippen LogP contribution in [-0.4, -0.2) is 45.4 Å². The molecule has 1 atom stereocenters. The van der Waals surface area contributed by atoms with Crippen molar-refractivity contribution in [2.75, 3.05) is 26.7 Å². The number of ether oxygens (including phenoxy) is 1. The summed E-state index contributed by atoms with van der Waals surface area (Å²) in [5, 5.41) is 2.75. The maximum Gasteiger partial charge on any atom is 0.374 e. The van der Waals surface area contributed by atoms with Gasteiger partial charge >= 0.3 is 5.97 Å². The van der Waals surface area contributed by atoms with Crippen LogP contribution in [0.15, 0.2) is 45.9 Å². The Bertz CT molecular complexity index is 886. The monoisotopic (exact) mass is 404 g/mol. The number of sulfonamides is 1. The lowest BCUT2D eigenvalue weighted by molar-refractivity contribution is 0.0558. The standard InChI is InChI=1S/C16H17FN2O5S.ClH/c1-23-16(20)14-5-6-15(24-14)25(21,22)19-8-7-18-10-13(19)11-3-2-4-12(17)9-11;/h2-6,9,13,18H,7-8,10H2,1H3;1H. The van der Waals surface area contributed by atoms with E-state index in [4.69, 9.17) is 4.42 Å². The lowest BCUT2D eigenvalue weighted by Gasteiger charge is -2.34. The largest absolute Gasteiger partial charge is 0.463 e. The number of carbonyl (C=O) groups excluding carboxylic acids is 1. The third-order valence-corrected chi connectivity index (χ3v) is 5.74. The van der Waals surface area contributed by atoms with Gasteiger partial charge in [0.2, 0.25) is 10.9 Å².